The SMILES string of the molecule is CCN(CC)Cc1cc(N(c2cc(C)nc3cc(Cl)ccc23)N(O)c2cc(Cl)cc(Cl)c2)ccc1O. The topological polar surface area (TPSA) is 63.1 Å². The maximum absolute atomic E-state index is 11.6. The first-order chi connectivity index (χ1) is 17.2. The minimum absolute atomic E-state index is 0.184. The number of aryl methyl sites for hydroxylation is 1. The van der Waals surface area contributed by atoms with E-state index in [1.54, 1.807) is 47.5 Å². The van der Waals surface area contributed by atoms with Gasteiger partial charge in [0.25, 0.3) is 0 Å². The van der Waals surface area contributed by atoms with Gasteiger partial charge in [-0.2, -0.15) is 5.17 Å². The first-order valence-corrected chi connectivity index (χ1v) is 12.7. The van der Waals surface area contributed by atoms with Crippen LogP contribution in [-0.2, 0) is 6.54 Å². The summed E-state index contributed by atoms with van der Waals surface area (Å²) in [5, 5.41) is 26.9. The van der Waals surface area contributed by atoms with Gasteiger partial charge in [0, 0.05) is 38.3 Å². The van der Waals surface area contributed by atoms with E-state index >= 15 is 0 Å². The molecular weight excluding hydrogens is 519 g/mol. The van der Waals surface area contributed by atoms with Crippen LogP contribution in [-0.4, -0.2) is 33.3 Å². The zero-order chi connectivity index (χ0) is 26.0. The molecule has 0 radical (unpaired) electrons. The highest BCUT2D eigenvalue weighted by molar-refractivity contribution is 6.35. The molecule has 2 N–H and O–H groups in total. The van der Waals surface area contributed by atoms with Gasteiger partial charge < -0.3 is 5.11 Å². The summed E-state index contributed by atoms with van der Waals surface area (Å²) in [5.41, 5.74) is 3.80. The summed E-state index contributed by atoms with van der Waals surface area (Å²) in [6, 6.07) is 17.4. The lowest BCUT2D eigenvalue weighted by Gasteiger charge is -2.34. The van der Waals surface area contributed by atoms with E-state index in [2.05, 4.69) is 23.7 Å². The molecule has 0 unspecified atom stereocenters. The second kappa shape index (κ2) is 11.1. The molecule has 0 bridgehead atoms. The first-order valence-electron chi connectivity index (χ1n) is 11.6. The van der Waals surface area contributed by atoms with Crippen LogP contribution in [0.1, 0.15) is 25.1 Å². The minimum Gasteiger partial charge on any atom is -0.508 e. The van der Waals surface area contributed by atoms with Crippen LogP contribution < -0.4 is 10.2 Å². The van der Waals surface area contributed by atoms with E-state index in [-0.39, 0.29) is 5.75 Å². The van der Waals surface area contributed by atoms with Gasteiger partial charge in [0.05, 0.1) is 22.6 Å². The summed E-state index contributed by atoms with van der Waals surface area (Å²) in [4.78, 5) is 6.83. The van der Waals surface area contributed by atoms with Crippen LogP contribution in [0.15, 0.2) is 60.7 Å². The Morgan fingerprint density at radius 2 is 1.50 bits per heavy atom. The van der Waals surface area contributed by atoms with E-state index < -0.39 is 0 Å². The third-order valence-corrected chi connectivity index (χ3v) is 6.64. The number of fused-ring (bicyclic) bond motifs is 1. The van der Waals surface area contributed by atoms with Gasteiger partial charge in [-0.05, 0) is 80.7 Å². The maximum Gasteiger partial charge on any atom is 0.120 e. The molecule has 3 aromatic carbocycles. The molecule has 4 rings (SSSR count). The average molecular weight is 546 g/mol. The number of pyridine rings is 1. The summed E-state index contributed by atoms with van der Waals surface area (Å²) in [7, 11) is 0. The quantitative estimate of drug-likeness (QED) is 0.219. The maximum atomic E-state index is 11.6. The molecule has 0 atom stereocenters. The molecule has 0 amide bonds. The van der Waals surface area contributed by atoms with Gasteiger partial charge in [0.15, 0.2) is 0 Å². The Labute approximate surface area is 225 Å². The number of rotatable bonds is 8. The average Bonchev–Trinajstić information content (AvgIpc) is 2.83. The van der Waals surface area contributed by atoms with Crippen LogP contribution in [0.5, 0.6) is 5.75 Å². The van der Waals surface area contributed by atoms with E-state index in [1.807, 2.05) is 25.1 Å². The molecule has 0 aliphatic rings. The molecule has 1 heterocycles. The van der Waals surface area contributed by atoms with Gasteiger partial charge in [-0.15, -0.1) is 0 Å². The number of hydrogen-bond acceptors (Lipinski definition) is 6. The number of nitrogens with zero attached hydrogens (tertiary/aromatic N) is 4. The van der Waals surface area contributed by atoms with Crippen molar-refractivity contribution in [2.24, 2.45) is 0 Å². The molecule has 0 aliphatic carbocycles. The highest BCUT2D eigenvalue weighted by atomic mass is 35.5. The molecule has 0 spiro atoms. The fourth-order valence-electron chi connectivity index (χ4n) is 4.13. The van der Waals surface area contributed by atoms with Gasteiger partial charge in [0.2, 0.25) is 0 Å². The zero-order valence-electron chi connectivity index (χ0n) is 20.2. The van der Waals surface area contributed by atoms with E-state index in [0.29, 0.717) is 44.2 Å². The molecule has 0 saturated carbocycles. The van der Waals surface area contributed by atoms with Crippen molar-refractivity contribution in [2.45, 2.75) is 27.3 Å². The number of benzene rings is 3. The predicted octanol–water partition coefficient (Wildman–Crippen LogP) is 8.00. The summed E-state index contributed by atoms with van der Waals surface area (Å²) in [5.74, 6) is 0.184. The van der Waals surface area contributed by atoms with E-state index in [9.17, 15) is 10.3 Å². The number of aromatic hydroxyl groups is 1. The lowest BCUT2D eigenvalue weighted by Crippen LogP contribution is -2.37. The largest absolute Gasteiger partial charge is 0.508 e. The number of anilines is 3. The van der Waals surface area contributed by atoms with Crippen molar-refractivity contribution in [2.75, 3.05) is 23.3 Å². The Morgan fingerprint density at radius 3 is 2.17 bits per heavy atom. The lowest BCUT2D eigenvalue weighted by atomic mass is 10.1. The summed E-state index contributed by atoms with van der Waals surface area (Å²) >= 11 is 18.8. The minimum atomic E-state index is 0.184. The van der Waals surface area contributed by atoms with Gasteiger partial charge in [-0.3, -0.25) is 15.1 Å². The van der Waals surface area contributed by atoms with Crippen LogP contribution >= 0.6 is 34.8 Å². The predicted molar refractivity (Wildman–Crippen MR) is 149 cm³/mol. The van der Waals surface area contributed by atoms with E-state index in [4.69, 9.17) is 34.8 Å². The molecule has 188 valence electrons. The number of halogens is 3. The lowest BCUT2D eigenvalue weighted by molar-refractivity contribution is 0.255. The third kappa shape index (κ3) is 5.64. The number of phenols is 1. The summed E-state index contributed by atoms with van der Waals surface area (Å²) in [6.45, 7) is 8.26. The normalized spacial score (nSPS) is 11.3. The second-order valence-electron chi connectivity index (χ2n) is 8.45. The second-order valence-corrected chi connectivity index (χ2v) is 9.76. The molecule has 9 heteroatoms. The molecule has 4 aromatic rings. The Balaban J connectivity index is 1.95. The van der Waals surface area contributed by atoms with Gasteiger partial charge >= 0.3 is 0 Å². The number of aromatic nitrogens is 1. The van der Waals surface area contributed by atoms with Crippen LogP contribution in [0.4, 0.5) is 17.1 Å². The Hall–Kier alpha value is -2.74. The summed E-state index contributed by atoms with van der Waals surface area (Å²) < 4.78 is 0. The van der Waals surface area contributed by atoms with Crippen LogP contribution in [0.25, 0.3) is 10.9 Å². The Bertz CT molecular complexity index is 1370. The van der Waals surface area contributed by atoms with E-state index in [0.717, 1.165) is 34.9 Å². The van der Waals surface area contributed by atoms with Crippen molar-refractivity contribution in [3.63, 3.8) is 0 Å². The number of phenolic OH excluding ortho intramolecular Hbond substituents is 1. The standard InChI is InChI=1S/C27H27Cl3N4O2/c1-4-32(5-2)16-18-11-22(7-9-27(18)35)33(34(36)23-13-20(29)12-21(30)14-23)26-10-17(3)31-25-15-19(28)6-8-24(25)26/h6-15,35-36H,4-5,16H2,1-3H3. The molecule has 0 saturated heterocycles. The smallest absolute Gasteiger partial charge is 0.120 e. The fourth-order valence-corrected chi connectivity index (χ4v) is 4.81. The third-order valence-electron chi connectivity index (χ3n) is 5.97. The Morgan fingerprint density at radius 1 is 0.806 bits per heavy atom. The first kappa shape index (κ1) is 26.3. The highest BCUT2D eigenvalue weighted by Gasteiger charge is 2.23. The van der Waals surface area contributed by atoms with Crippen molar-refractivity contribution in [3.8, 4) is 5.75 Å². The van der Waals surface area contributed by atoms with Crippen molar-refractivity contribution >= 4 is 62.8 Å². The molecular formula is C27H27Cl3N4O2. The molecule has 0 fully saturated rings. The van der Waals surface area contributed by atoms with Crippen LogP contribution in [0.2, 0.25) is 15.1 Å². The number of hydrazine groups is 1. The fraction of sp³-hybridized carbons (Fsp3) is 0.222. The van der Waals surface area contributed by atoms with Gasteiger partial charge in [-0.1, -0.05) is 48.7 Å². The van der Waals surface area contributed by atoms with Crippen LogP contribution in [0.3, 0.4) is 0 Å². The molecule has 6 nitrogen and oxygen atoms in total. The number of hydrogen-bond donors (Lipinski definition) is 2. The van der Waals surface area contributed by atoms with Crippen molar-refractivity contribution in [1.82, 2.24) is 9.88 Å². The van der Waals surface area contributed by atoms with Crippen molar-refractivity contribution in [3.05, 3.63) is 87.0 Å². The van der Waals surface area contributed by atoms with Gasteiger partial charge in [0.1, 0.15) is 5.75 Å². The highest BCUT2D eigenvalue weighted by Crippen LogP contribution is 2.38. The molecule has 36 heavy (non-hydrogen) atoms. The van der Waals surface area contributed by atoms with Crippen molar-refractivity contribution < 1.29 is 10.3 Å². The van der Waals surface area contributed by atoms with E-state index in [1.165, 1.54) is 0 Å². The zero-order valence-corrected chi connectivity index (χ0v) is 22.5. The molecule has 0 aliphatic heterocycles. The van der Waals surface area contributed by atoms with Crippen LogP contribution in [0, 0.1) is 6.92 Å². The summed E-state index contributed by atoms with van der Waals surface area (Å²) in [6.07, 6.45) is 0. The molecule has 1 aromatic heterocycles. The van der Waals surface area contributed by atoms with Gasteiger partial charge in [-0.25, -0.2) is 5.01 Å². The monoisotopic (exact) mass is 544 g/mol. The Kier molecular flexibility index (Phi) is 8.13. The van der Waals surface area contributed by atoms with Crippen molar-refractivity contribution in [1.29, 1.82) is 0 Å².